The van der Waals surface area contributed by atoms with Gasteiger partial charge in [0.05, 0.1) is 63.4 Å². The van der Waals surface area contributed by atoms with Crippen LogP contribution in [0.1, 0.15) is 51.8 Å². The van der Waals surface area contributed by atoms with E-state index < -0.39 is 62.6 Å². The molecule has 182 valence electrons. The summed E-state index contributed by atoms with van der Waals surface area (Å²) in [5, 5.41) is 8.63. The Hall–Kier alpha value is -4.06. The highest BCUT2D eigenvalue weighted by Gasteiger charge is 2.39. The third-order valence-electron chi connectivity index (χ3n) is 4.18. The van der Waals surface area contributed by atoms with Crippen molar-refractivity contribution in [2.45, 2.75) is 4.90 Å². The van der Waals surface area contributed by atoms with Crippen LogP contribution in [0.25, 0.3) is 0 Å². The van der Waals surface area contributed by atoms with E-state index in [1.807, 2.05) is 6.07 Å². The van der Waals surface area contributed by atoms with Crippen LogP contribution in [0.15, 0.2) is 35.2 Å². The van der Waals surface area contributed by atoms with E-state index in [1.165, 1.54) is 0 Å². The van der Waals surface area contributed by atoms with E-state index in [4.69, 9.17) is 5.11 Å². The van der Waals surface area contributed by atoms with Crippen LogP contribution in [0.4, 0.5) is 0 Å². The van der Waals surface area contributed by atoms with Crippen molar-refractivity contribution < 1.29 is 52.8 Å². The Bertz CT molecular complexity index is 1040. The van der Waals surface area contributed by atoms with Gasteiger partial charge in [0.2, 0.25) is 0 Å². The number of benzene rings is 2. The lowest BCUT2D eigenvalue weighted by Crippen LogP contribution is -2.27. The molecule has 2 aromatic rings. The van der Waals surface area contributed by atoms with Gasteiger partial charge in [-0.2, -0.15) is 0 Å². The summed E-state index contributed by atoms with van der Waals surface area (Å²) in [5.74, 6) is -5.47. The number of carbonyl (C=O) groups excluding carboxylic acids is 5. The molecule has 0 saturated carbocycles. The maximum atomic E-state index is 12.4. The Kier molecular flexibility index (Phi) is 10.6. The average molecular weight is 494 g/mol. The van der Waals surface area contributed by atoms with Crippen molar-refractivity contribution in [3.8, 4) is 5.75 Å². The van der Waals surface area contributed by atoms with Gasteiger partial charge in [-0.1, -0.05) is 18.2 Å². The van der Waals surface area contributed by atoms with Crippen molar-refractivity contribution in [3.05, 3.63) is 58.1 Å². The van der Waals surface area contributed by atoms with Crippen molar-refractivity contribution in [1.82, 2.24) is 0 Å². The molecule has 0 aromatic heterocycles. The van der Waals surface area contributed by atoms with Gasteiger partial charge < -0.3 is 28.8 Å². The molecule has 0 heterocycles. The fourth-order valence-corrected chi connectivity index (χ4v) is 3.09. The molecule has 1 N–H and O–H groups in total. The van der Waals surface area contributed by atoms with Crippen LogP contribution in [0.3, 0.4) is 0 Å². The van der Waals surface area contributed by atoms with Crippen LogP contribution >= 0.6 is 12.6 Å². The summed E-state index contributed by atoms with van der Waals surface area (Å²) in [7, 11) is 4.93. The Balaban J connectivity index is 0.000000700. The fourth-order valence-electron chi connectivity index (χ4n) is 2.68. The Labute approximate surface area is 199 Å². The van der Waals surface area contributed by atoms with E-state index >= 15 is 0 Å². The first-order chi connectivity index (χ1) is 16.1. The molecule has 34 heavy (non-hydrogen) atoms. The molecule has 0 saturated heterocycles. The van der Waals surface area contributed by atoms with E-state index in [-0.39, 0.29) is 0 Å². The van der Waals surface area contributed by atoms with Crippen LogP contribution in [0.5, 0.6) is 5.75 Å². The first kappa shape index (κ1) is 28.0. The number of para-hydroxylation sites is 1. The van der Waals surface area contributed by atoms with Crippen LogP contribution in [0.2, 0.25) is 0 Å². The normalized spacial score (nSPS) is 9.59. The molecule has 0 atom stereocenters. The second-order valence-corrected chi connectivity index (χ2v) is 6.46. The third-order valence-corrected chi connectivity index (χ3v) is 4.62. The SMILES string of the molecule is COC(=O)c1c(S)c(C(=O)OC)c(C(=O)OC)c(C(=O)OC)c1C(=O)OC.Oc1ccccc1. The average Bonchev–Trinajstić information content (AvgIpc) is 2.86. The zero-order valence-corrected chi connectivity index (χ0v) is 19.8. The van der Waals surface area contributed by atoms with E-state index in [0.717, 1.165) is 35.5 Å². The van der Waals surface area contributed by atoms with Crippen molar-refractivity contribution in [3.63, 3.8) is 0 Å². The van der Waals surface area contributed by atoms with Gasteiger partial charge in [-0.05, 0) is 12.1 Å². The van der Waals surface area contributed by atoms with Crippen molar-refractivity contribution in [2.75, 3.05) is 35.5 Å². The standard InChI is InChI=1S/C16H16O10S.C6H6O/c1-22-12(17)6-7(13(18)23-2)9(15(20)25-4)11(27)10(16(21)26-5)8(6)14(19)24-3;7-6-4-2-1-3-5-6/h27H,1-5H3;1-5,7H. The number of hydrogen-bond acceptors (Lipinski definition) is 12. The smallest absolute Gasteiger partial charge is 0.339 e. The molecular weight excluding hydrogens is 472 g/mol. The zero-order chi connectivity index (χ0) is 26.0. The summed E-state index contributed by atoms with van der Waals surface area (Å²) in [6.07, 6.45) is 0. The van der Waals surface area contributed by atoms with Crippen LogP contribution < -0.4 is 0 Å². The molecule has 2 aromatic carbocycles. The number of rotatable bonds is 5. The number of hydrogen-bond donors (Lipinski definition) is 2. The second-order valence-electron chi connectivity index (χ2n) is 6.02. The molecule has 2 rings (SSSR count). The lowest BCUT2D eigenvalue weighted by molar-refractivity contribution is 0.0506. The zero-order valence-electron chi connectivity index (χ0n) is 18.9. The molecule has 0 spiro atoms. The van der Waals surface area contributed by atoms with Crippen LogP contribution in [-0.2, 0) is 23.7 Å². The predicted octanol–water partition coefficient (Wildman–Crippen LogP) is 2.30. The minimum Gasteiger partial charge on any atom is -0.508 e. The van der Waals surface area contributed by atoms with E-state index in [2.05, 4.69) is 36.3 Å². The Morgan fingerprint density at radius 2 is 0.824 bits per heavy atom. The molecule has 0 aliphatic rings. The highest BCUT2D eigenvalue weighted by atomic mass is 32.1. The molecule has 0 amide bonds. The highest BCUT2D eigenvalue weighted by molar-refractivity contribution is 7.80. The molecule has 11 nitrogen and oxygen atoms in total. The van der Waals surface area contributed by atoms with Crippen molar-refractivity contribution in [2.24, 2.45) is 0 Å². The monoisotopic (exact) mass is 494 g/mol. The number of carbonyl (C=O) groups is 5. The van der Waals surface area contributed by atoms with Gasteiger partial charge >= 0.3 is 29.8 Å². The second kappa shape index (κ2) is 12.8. The number of phenolic OH excluding ortho intramolecular Hbond substituents is 1. The summed E-state index contributed by atoms with van der Waals surface area (Å²) in [6, 6.07) is 8.71. The summed E-state index contributed by atoms with van der Waals surface area (Å²) in [5.41, 5.74) is -3.24. The quantitative estimate of drug-likeness (QED) is 0.358. The lowest BCUT2D eigenvalue weighted by atomic mass is 9.90. The van der Waals surface area contributed by atoms with Crippen LogP contribution in [0, 0.1) is 0 Å². The molecular formula is C22H22O11S. The van der Waals surface area contributed by atoms with E-state index in [0.29, 0.717) is 5.75 Å². The first-order valence-corrected chi connectivity index (χ1v) is 9.64. The lowest BCUT2D eigenvalue weighted by Gasteiger charge is -2.19. The summed E-state index contributed by atoms with van der Waals surface area (Å²) in [4.78, 5) is 61.1. The molecule has 0 bridgehead atoms. The molecule has 12 heteroatoms. The van der Waals surface area contributed by atoms with Crippen molar-refractivity contribution in [1.29, 1.82) is 0 Å². The summed E-state index contributed by atoms with van der Waals surface area (Å²) in [6.45, 7) is 0. The Morgan fingerprint density at radius 3 is 1.06 bits per heavy atom. The van der Waals surface area contributed by atoms with Crippen LogP contribution in [-0.4, -0.2) is 70.5 Å². The van der Waals surface area contributed by atoms with Crippen molar-refractivity contribution >= 4 is 42.5 Å². The van der Waals surface area contributed by atoms with Gasteiger partial charge in [0.1, 0.15) is 5.75 Å². The third kappa shape index (κ3) is 6.04. The summed E-state index contributed by atoms with van der Waals surface area (Å²) < 4.78 is 23.0. The fraction of sp³-hybridized carbons (Fsp3) is 0.227. The van der Waals surface area contributed by atoms with Gasteiger partial charge in [0.25, 0.3) is 0 Å². The maximum absolute atomic E-state index is 12.4. The van der Waals surface area contributed by atoms with Gasteiger partial charge in [0.15, 0.2) is 0 Å². The maximum Gasteiger partial charge on any atom is 0.339 e. The summed E-state index contributed by atoms with van der Waals surface area (Å²) >= 11 is 4.08. The Morgan fingerprint density at radius 1 is 0.559 bits per heavy atom. The number of phenols is 1. The van der Waals surface area contributed by atoms with Gasteiger partial charge in [-0.25, -0.2) is 24.0 Å². The topological polar surface area (TPSA) is 152 Å². The number of aromatic hydroxyl groups is 1. The first-order valence-electron chi connectivity index (χ1n) is 9.19. The molecule has 0 aliphatic heterocycles. The predicted molar refractivity (Wildman–Crippen MR) is 118 cm³/mol. The largest absolute Gasteiger partial charge is 0.508 e. The van der Waals surface area contributed by atoms with Gasteiger partial charge in [0, 0.05) is 4.90 Å². The highest BCUT2D eigenvalue weighted by Crippen LogP contribution is 2.34. The van der Waals surface area contributed by atoms with E-state index in [9.17, 15) is 24.0 Å². The van der Waals surface area contributed by atoms with Gasteiger partial charge in [-0.15, -0.1) is 12.6 Å². The molecule has 0 aliphatic carbocycles. The van der Waals surface area contributed by atoms with Gasteiger partial charge in [-0.3, -0.25) is 0 Å². The number of methoxy groups -OCH3 is 5. The molecule has 0 unspecified atom stereocenters. The number of esters is 5. The van der Waals surface area contributed by atoms with E-state index in [1.54, 1.807) is 24.3 Å². The minimum absolute atomic E-state index is 0.322. The number of ether oxygens (including phenoxy) is 5. The molecule has 0 fully saturated rings. The minimum atomic E-state index is -1.21. The number of thiol groups is 1. The molecule has 0 radical (unpaired) electrons.